The van der Waals surface area contributed by atoms with Gasteiger partial charge in [0.05, 0.1) is 9.89 Å². The Morgan fingerprint density at radius 2 is 2.40 bits per heavy atom. The van der Waals surface area contributed by atoms with Gasteiger partial charge in [0, 0.05) is 11.5 Å². The van der Waals surface area contributed by atoms with Gasteiger partial charge in [0.1, 0.15) is 6.10 Å². The van der Waals surface area contributed by atoms with Gasteiger partial charge in [-0.05, 0) is 46.8 Å². The first kappa shape index (κ1) is 11.6. The molecule has 1 saturated heterocycles. The van der Waals surface area contributed by atoms with Crippen molar-refractivity contribution in [1.82, 2.24) is 0 Å². The van der Waals surface area contributed by atoms with Crippen LogP contribution in [0.15, 0.2) is 9.85 Å². The molecule has 2 rings (SSSR count). The summed E-state index contributed by atoms with van der Waals surface area (Å²) in [5.74, 6) is 0.446. The molecule has 2 nitrogen and oxygen atoms in total. The van der Waals surface area contributed by atoms with E-state index in [4.69, 9.17) is 4.74 Å². The Hall–Kier alpha value is 0.100. The fraction of sp³-hybridized carbons (Fsp3) is 0.636. The Labute approximate surface area is 102 Å². The van der Waals surface area contributed by atoms with Crippen LogP contribution in [0.25, 0.3) is 0 Å². The molecule has 0 saturated carbocycles. The van der Waals surface area contributed by atoms with Crippen LogP contribution in [0.3, 0.4) is 0 Å². The van der Waals surface area contributed by atoms with Crippen molar-refractivity contribution in [2.45, 2.75) is 32.5 Å². The van der Waals surface area contributed by atoms with E-state index >= 15 is 0 Å². The summed E-state index contributed by atoms with van der Waals surface area (Å²) in [6.07, 6.45) is 0.542. The third-order valence-electron chi connectivity index (χ3n) is 2.92. The van der Waals surface area contributed by atoms with E-state index in [1.54, 1.807) is 11.3 Å². The molecule has 1 aliphatic heterocycles. The number of aliphatic hydroxyl groups is 1. The number of aliphatic hydroxyl groups excluding tert-OH is 1. The van der Waals surface area contributed by atoms with E-state index in [0.29, 0.717) is 5.92 Å². The van der Waals surface area contributed by atoms with Gasteiger partial charge in [0.2, 0.25) is 0 Å². The normalized spacial score (nSPS) is 28.3. The molecular weight excluding hydrogens is 276 g/mol. The maximum absolute atomic E-state index is 10.2. The minimum absolute atomic E-state index is 0.0325. The van der Waals surface area contributed by atoms with Crippen LogP contribution >= 0.6 is 27.3 Å². The highest BCUT2D eigenvalue weighted by atomic mass is 79.9. The van der Waals surface area contributed by atoms with E-state index in [1.165, 1.54) is 5.56 Å². The lowest BCUT2D eigenvalue weighted by molar-refractivity contribution is -0.0160. The summed E-state index contributed by atoms with van der Waals surface area (Å²) in [7, 11) is 0. The predicted molar refractivity (Wildman–Crippen MR) is 65.2 cm³/mol. The summed E-state index contributed by atoms with van der Waals surface area (Å²) in [5.41, 5.74) is 1.18. The Morgan fingerprint density at radius 1 is 1.67 bits per heavy atom. The van der Waals surface area contributed by atoms with Gasteiger partial charge in [-0.2, -0.15) is 0 Å². The van der Waals surface area contributed by atoms with E-state index in [2.05, 4.69) is 22.9 Å². The molecule has 1 fully saturated rings. The number of hydrogen-bond donors (Lipinski definition) is 1. The molecule has 0 spiro atoms. The molecule has 3 unspecified atom stereocenters. The van der Waals surface area contributed by atoms with Gasteiger partial charge in [0.15, 0.2) is 0 Å². The average molecular weight is 291 g/mol. The molecule has 1 N–H and O–H groups in total. The number of rotatable bonds is 2. The van der Waals surface area contributed by atoms with Crippen molar-refractivity contribution in [2.75, 3.05) is 6.61 Å². The SMILES string of the molecule is Cc1cc(C(O)C2OCCC2C)sc1Br. The predicted octanol–water partition coefficient (Wildman–Crippen LogP) is 3.28. The summed E-state index contributed by atoms with van der Waals surface area (Å²) in [4.78, 5) is 0.998. The Bertz CT molecular complexity index is 331. The average Bonchev–Trinajstić information content (AvgIpc) is 2.74. The molecule has 84 valence electrons. The Morgan fingerprint density at radius 3 is 2.87 bits per heavy atom. The molecule has 2 heterocycles. The summed E-state index contributed by atoms with van der Waals surface area (Å²) >= 11 is 5.07. The molecule has 4 heteroatoms. The van der Waals surface area contributed by atoms with Gasteiger partial charge in [-0.1, -0.05) is 6.92 Å². The maximum Gasteiger partial charge on any atom is 0.115 e. The molecule has 15 heavy (non-hydrogen) atoms. The molecular formula is C11H15BrO2S. The highest BCUT2D eigenvalue weighted by Crippen LogP contribution is 2.37. The van der Waals surface area contributed by atoms with E-state index in [-0.39, 0.29) is 6.10 Å². The summed E-state index contributed by atoms with van der Waals surface area (Å²) in [5, 5.41) is 10.2. The van der Waals surface area contributed by atoms with Crippen LogP contribution in [0, 0.1) is 12.8 Å². The van der Waals surface area contributed by atoms with E-state index in [1.807, 2.05) is 13.0 Å². The highest BCUT2D eigenvalue weighted by Gasteiger charge is 2.32. The zero-order valence-electron chi connectivity index (χ0n) is 8.87. The molecule has 0 amide bonds. The minimum Gasteiger partial charge on any atom is -0.385 e. The van der Waals surface area contributed by atoms with Gasteiger partial charge in [-0.3, -0.25) is 0 Å². The zero-order chi connectivity index (χ0) is 11.0. The fourth-order valence-corrected chi connectivity index (χ4v) is 3.50. The van der Waals surface area contributed by atoms with Crippen LogP contribution < -0.4 is 0 Å². The molecule has 1 aliphatic rings. The standard InChI is InChI=1S/C11H15BrO2S/c1-6-3-4-14-10(6)9(13)8-5-7(2)11(12)15-8/h5-6,9-10,13H,3-4H2,1-2H3. The van der Waals surface area contributed by atoms with E-state index in [9.17, 15) is 5.11 Å². The third-order valence-corrected chi connectivity index (χ3v) is 5.13. The molecule has 0 radical (unpaired) electrons. The van der Waals surface area contributed by atoms with Crippen LogP contribution in [-0.2, 0) is 4.74 Å². The second-order valence-corrected chi connectivity index (χ2v) is 6.55. The first-order valence-corrected chi connectivity index (χ1v) is 6.76. The first-order valence-electron chi connectivity index (χ1n) is 5.15. The van der Waals surface area contributed by atoms with Gasteiger partial charge in [0.25, 0.3) is 0 Å². The largest absolute Gasteiger partial charge is 0.385 e. The lowest BCUT2D eigenvalue weighted by Gasteiger charge is -2.20. The molecule has 0 aliphatic carbocycles. The quantitative estimate of drug-likeness (QED) is 0.906. The number of hydrogen-bond acceptors (Lipinski definition) is 3. The van der Waals surface area contributed by atoms with Crippen LogP contribution in [0.2, 0.25) is 0 Å². The van der Waals surface area contributed by atoms with Crippen LogP contribution in [0.5, 0.6) is 0 Å². The third kappa shape index (κ3) is 2.28. The van der Waals surface area contributed by atoms with Crippen LogP contribution in [0.1, 0.15) is 29.9 Å². The molecule has 0 aromatic carbocycles. The summed E-state index contributed by atoms with van der Waals surface area (Å²) in [6, 6.07) is 2.04. The van der Waals surface area contributed by atoms with E-state index < -0.39 is 6.10 Å². The summed E-state index contributed by atoms with van der Waals surface area (Å²) in [6.45, 7) is 4.94. The fourth-order valence-electron chi connectivity index (χ4n) is 1.91. The smallest absolute Gasteiger partial charge is 0.115 e. The maximum atomic E-state index is 10.2. The van der Waals surface area contributed by atoms with Crippen molar-refractivity contribution >= 4 is 27.3 Å². The van der Waals surface area contributed by atoms with Gasteiger partial charge in [-0.15, -0.1) is 11.3 Å². The number of halogens is 1. The second-order valence-electron chi connectivity index (χ2n) is 4.15. The van der Waals surface area contributed by atoms with Crippen molar-refractivity contribution in [3.63, 3.8) is 0 Å². The highest BCUT2D eigenvalue weighted by molar-refractivity contribution is 9.11. The second kappa shape index (κ2) is 4.53. The molecule has 3 atom stereocenters. The monoisotopic (exact) mass is 290 g/mol. The minimum atomic E-state index is -0.475. The topological polar surface area (TPSA) is 29.5 Å². The first-order chi connectivity index (χ1) is 7.09. The number of aryl methyl sites for hydroxylation is 1. The van der Waals surface area contributed by atoms with Gasteiger partial charge >= 0.3 is 0 Å². The number of thiophene rings is 1. The van der Waals surface area contributed by atoms with Crippen molar-refractivity contribution in [1.29, 1.82) is 0 Å². The Balaban J connectivity index is 2.16. The Kier molecular flexibility index (Phi) is 3.50. The van der Waals surface area contributed by atoms with Gasteiger partial charge in [-0.25, -0.2) is 0 Å². The molecule has 1 aromatic rings. The molecule has 0 bridgehead atoms. The lowest BCUT2D eigenvalue weighted by Crippen LogP contribution is -2.22. The lowest BCUT2D eigenvalue weighted by atomic mass is 9.98. The number of ether oxygens (including phenoxy) is 1. The van der Waals surface area contributed by atoms with Crippen LogP contribution in [0.4, 0.5) is 0 Å². The molecule has 1 aromatic heterocycles. The van der Waals surface area contributed by atoms with Crippen LogP contribution in [-0.4, -0.2) is 17.8 Å². The van der Waals surface area contributed by atoms with E-state index in [0.717, 1.165) is 21.7 Å². The van der Waals surface area contributed by atoms with Crippen molar-refractivity contribution in [2.24, 2.45) is 5.92 Å². The van der Waals surface area contributed by atoms with Crippen molar-refractivity contribution in [3.8, 4) is 0 Å². The van der Waals surface area contributed by atoms with Crippen molar-refractivity contribution < 1.29 is 9.84 Å². The van der Waals surface area contributed by atoms with Crippen molar-refractivity contribution in [3.05, 3.63) is 20.3 Å². The zero-order valence-corrected chi connectivity index (χ0v) is 11.3. The summed E-state index contributed by atoms with van der Waals surface area (Å²) < 4.78 is 6.67. The van der Waals surface area contributed by atoms with Gasteiger partial charge < -0.3 is 9.84 Å².